The Morgan fingerprint density at radius 1 is 1.18 bits per heavy atom. The average Bonchev–Trinajstić information content (AvgIpc) is 2.25. The van der Waals surface area contributed by atoms with E-state index in [-0.39, 0.29) is 11.8 Å². The Labute approximate surface area is 101 Å². The fourth-order valence-corrected chi connectivity index (χ4v) is 2.42. The van der Waals surface area contributed by atoms with Gasteiger partial charge in [-0.2, -0.15) is 0 Å². The third-order valence-corrected chi connectivity index (χ3v) is 3.19. The fourth-order valence-electron chi connectivity index (χ4n) is 2.42. The van der Waals surface area contributed by atoms with Crippen molar-refractivity contribution in [2.45, 2.75) is 26.3 Å². The van der Waals surface area contributed by atoms with E-state index >= 15 is 0 Å². The van der Waals surface area contributed by atoms with Gasteiger partial charge in [-0.05, 0) is 26.0 Å². The normalized spacial score (nSPS) is 18.0. The summed E-state index contributed by atoms with van der Waals surface area (Å²) in [4.78, 5) is 27.2. The largest absolute Gasteiger partial charge is 0.311 e. The second-order valence-corrected chi connectivity index (χ2v) is 4.77. The number of para-hydroxylation sites is 2. The van der Waals surface area contributed by atoms with E-state index in [1.54, 1.807) is 30.7 Å². The molecule has 1 aromatic carbocycles. The Morgan fingerprint density at radius 2 is 1.71 bits per heavy atom. The number of anilines is 2. The Hall–Kier alpha value is -1.84. The number of rotatable bonds is 0. The minimum Gasteiger partial charge on any atom is -0.311 e. The number of carbonyl (C=O) groups excluding carboxylic acids is 2. The summed E-state index contributed by atoms with van der Waals surface area (Å²) in [6, 6.07) is 7.44. The van der Waals surface area contributed by atoms with Crippen LogP contribution in [0.15, 0.2) is 24.3 Å². The van der Waals surface area contributed by atoms with Gasteiger partial charge in [0, 0.05) is 14.0 Å². The van der Waals surface area contributed by atoms with Gasteiger partial charge in [0.2, 0.25) is 5.91 Å². The molecule has 0 bridgehead atoms. The molecule has 2 rings (SSSR count). The van der Waals surface area contributed by atoms with Crippen molar-refractivity contribution in [2.24, 2.45) is 0 Å². The first-order valence-corrected chi connectivity index (χ1v) is 5.55. The van der Waals surface area contributed by atoms with Gasteiger partial charge < -0.3 is 4.90 Å². The van der Waals surface area contributed by atoms with Gasteiger partial charge in [0.25, 0.3) is 5.91 Å². The quantitative estimate of drug-likeness (QED) is 0.684. The monoisotopic (exact) mass is 232 g/mol. The first-order chi connectivity index (χ1) is 7.87. The highest BCUT2D eigenvalue weighted by Crippen LogP contribution is 2.39. The summed E-state index contributed by atoms with van der Waals surface area (Å²) in [6.07, 6.45) is 0. The topological polar surface area (TPSA) is 40.6 Å². The number of nitrogens with zero attached hydrogens (tertiary/aromatic N) is 2. The van der Waals surface area contributed by atoms with Crippen LogP contribution in [-0.4, -0.2) is 24.4 Å². The van der Waals surface area contributed by atoms with Crippen molar-refractivity contribution < 1.29 is 9.59 Å². The molecule has 1 aliphatic heterocycles. The molecule has 0 spiro atoms. The van der Waals surface area contributed by atoms with E-state index in [2.05, 4.69) is 0 Å². The van der Waals surface area contributed by atoms with E-state index in [0.29, 0.717) is 0 Å². The van der Waals surface area contributed by atoms with Crippen molar-refractivity contribution in [1.29, 1.82) is 0 Å². The third-order valence-electron chi connectivity index (χ3n) is 3.19. The van der Waals surface area contributed by atoms with Gasteiger partial charge in [0.15, 0.2) is 0 Å². The Kier molecular flexibility index (Phi) is 2.45. The van der Waals surface area contributed by atoms with Crippen molar-refractivity contribution in [3.63, 3.8) is 0 Å². The Bertz CT molecular complexity index is 494. The standard InChI is InChI=1S/C13H16N2O2/c1-9(16)15-11-8-6-5-7-10(11)14(4)12(17)13(15,2)3/h5-8H,1-4H3. The van der Waals surface area contributed by atoms with Crippen LogP contribution in [0.25, 0.3) is 0 Å². The molecule has 0 saturated carbocycles. The first-order valence-electron chi connectivity index (χ1n) is 5.55. The van der Waals surface area contributed by atoms with Crippen molar-refractivity contribution in [1.82, 2.24) is 0 Å². The number of likely N-dealkylation sites (N-methyl/N-ethyl adjacent to an activating group) is 1. The zero-order valence-corrected chi connectivity index (χ0v) is 10.5. The molecule has 2 amide bonds. The molecule has 1 aromatic rings. The van der Waals surface area contributed by atoms with Gasteiger partial charge in [-0.25, -0.2) is 0 Å². The molecule has 0 radical (unpaired) electrons. The predicted molar refractivity (Wildman–Crippen MR) is 67.1 cm³/mol. The summed E-state index contributed by atoms with van der Waals surface area (Å²) in [5.41, 5.74) is 0.716. The van der Waals surface area contributed by atoms with Gasteiger partial charge in [0.1, 0.15) is 5.54 Å². The van der Waals surface area contributed by atoms with E-state index < -0.39 is 5.54 Å². The lowest BCUT2D eigenvalue weighted by molar-refractivity contribution is -0.127. The van der Waals surface area contributed by atoms with Crippen LogP contribution < -0.4 is 9.80 Å². The zero-order chi connectivity index (χ0) is 12.8. The van der Waals surface area contributed by atoms with Crippen LogP contribution in [0, 0.1) is 0 Å². The van der Waals surface area contributed by atoms with E-state index in [1.165, 1.54) is 6.92 Å². The summed E-state index contributed by atoms with van der Waals surface area (Å²) < 4.78 is 0. The molecule has 90 valence electrons. The molecule has 0 aromatic heterocycles. The lowest BCUT2D eigenvalue weighted by Gasteiger charge is -2.45. The van der Waals surface area contributed by atoms with Crippen LogP contribution in [0.2, 0.25) is 0 Å². The molecule has 0 aliphatic carbocycles. The lowest BCUT2D eigenvalue weighted by atomic mass is 9.95. The zero-order valence-electron chi connectivity index (χ0n) is 10.5. The second kappa shape index (κ2) is 3.58. The van der Waals surface area contributed by atoms with E-state index in [4.69, 9.17) is 0 Å². The molecule has 17 heavy (non-hydrogen) atoms. The number of fused-ring (bicyclic) bond motifs is 1. The van der Waals surface area contributed by atoms with Crippen LogP contribution in [-0.2, 0) is 9.59 Å². The van der Waals surface area contributed by atoms with Gasteiger partial charge in [-0.3, -0.25) is 14.5 Å². The average molecular weight is 232 g/mol. The molecule has 4 heteroatoms. The smallest absolute Gasteiger partial charge is 0.252 e. The number of amides is 2. The number of benzene rings is 1. The van der Waals surface area contributed by atoms with E-state index in [0.717, 1.165) is 11.4 Å². The maximum Gasteiger partial charge on any atom is 0.252 e. The van der Waals surface area contributed by atoms with E-state index in [9.17, 15) is 9.59 Å². The van der Waals surface area contributed by atoms with Crippen LogP contribution >= 0.6 is 0 Å². The number of carbonyl (C=O) groups is 2. The lowest BCUT2D eigenvalue weighted by Crippen LogP contribution is -2.60. The highest BCUT2D eigenvalue weighted by molar-refractivity contribution is 6.14. The molecule has 0 saturated heterocycles. The van der Waals surface area contributed by atoms with Crippen molar-refractivity contribution >= 4 is 23.2 Å². The molecular formula is C13H16N2O2. The Balaban J connectivity index is 2.69. The van der Waals surface area contributed by atoms with Crippen LogP contribution in [0.5, 0.6) is 0 Å². The molecule has 1 aliphatic rings. The highest BCUT2D eigenvalue weighted by atomic mass is 16.2. The van der Waals surface area contributed by atoms with Gasteiger partial charge in [0.05, 0.1) is 11.4 Å². The van der Waals surface area contributed by atoms with Gasteiger partial charge in [-0.1, -0.05) is 12.1 Å². The maximum atomic E-state index is 12.3. The molecule has 1 heterocycles. The van der Waals surface area contributed by atoms with Crippen LogP contribution in [0.3, 0.4) is 0 Å². The predicted octanol–water partition coefficient (Wildman–Crippen LogP) is 1.79. The van der Waals surface area contributed by atoms with Crippen molar-refractivity contribution in [3.8, 4) is 0 Å². The number of hydrogen-bond donors (Lipinski definition) is 0. The molecule has 0 N–H and O–H groups in total. The fraction of sp³-hybridized carbons (Fsp3) is 0.385. The van der Waals surface area contributed by atoms with Crippen LogP contribution in [0.1, 0.15) is 20.8 Å². The Morgan fingerprint density at radius 3 is 2.24 bits per heavy atom. The molecular weight excluding hydrogens is 216 g/mol. The third kappa shape index (κ3) is 1.52. The minimum atomic E-state index is -0.838. The minimum absolute atomic E-state index is 0.0774. The van der Waals surface area contributed by atoms with Gasteiger partial charge >= 0.3 is 0 Å². The molecule has 0 unspecified atom stereocenters. The number of hydrogen-bond acceptors (Lipinski definition) is 2. The molecule has 0 atom stereocenters. The maximum absolute atomic E-state index is 12.3. The second-order valence-electron chi connectivity index (χ2n) is 4.77. The van der Waals surface area contributed by atoms with Gasteiger partial charge in [-0.15, -0.1) is 0 Å². The summed E-state index contributed by atoms with van der Waals surface area (Å²) in [5, 5.41) is 0. The highest BCUT2D eigenvalue weighted by Gasteiger charge is 2.44. The summed E-state index contributed by atoms with van der Waals surface area (Å²) >= 11 is 0. The first kappa shape index (κ1) is 11.6. The van der Waals surface area contributed by atoms with Crippen LogP contribution in [0.4, 0.5) is 11.4 Å². The van der Waals surface area contributed by atoms with Crippen molar-refractivity contribution in [3.05, 3.63) is 24.3 Å². The summed E-state index contributed by atoms with van der Waals surface area (Å²) in [7, 11) is 1.74. The molecule has 0 fully saturated rings. The SMILES string of the molecule is CC(=O)N1c2ccccc2N(C)C(=O)C1(C)C. The summed E-state index contributed by atoms with van der Waals surface area (Å²) in [5.74, 6) is -0.199. The van der Waals surface area contributed by atoms with E-state index in [1.807, 2.05) is 24.3 Å². The summed E-state index contributed by atoms with van der Waals surface area (Å²) in [6.45, 7) is 5.02. The van der Waals surface area contributed by atoms with Crippen molar-refractivity contribution in [2.75, 3.05) is 16.8 Å². The molecule has 4 nitrogen and oxygen atoms in total.